The van der Waals surface area contributed by atoms with Crippen LogP contribution in [-0.2, 0) is 16.1 Å². The molecule has 0 saturated carbocycles. The third-order valence-corrected chi connectivity index (χ3v) is 3.49. The van der Waals surface area contributed by atoms with Crippen molar-refractivity contribution in [3.63, 3.8) is 0 Å². The number of amides is 1. The zero-order chi connectivity index (χ0) is 17.6. The molecule has 3 rings (SSSR count). The molecule has 1 atom stereocenters. The van der Waals surface area contributed by atoms with Gasteiger partial charge in [0.2, 0.25) is 0 Å². The second-order valence-electron chi connectivity index (χ2n) is 5.35. The SMILES string of the molecule is O=C(N[C@@H](COCc1ccccc1)C(=O)O)c1nc2ccccc2o1. The van der Waals surface area contributed by atoms with Gasteiger partial charge in [0.05, 0.1) is 13.2 Å². The van der Waals surface area contributed by atoms with Gasteiger partial charge in [-0.1, -0.05) is 42.5 Å². The first-order valence-corrected chi connectivity index (χ1v) is 7.64. The molecule has 0 aliphatic rings. The highest BCUT2D eigenvalue weighted by atomic mass is 16.5. The van der Waals surface area contributed by atoms with Gasteiger partial charge in [-0.25, -0.2) is 9.78 Å². The third-order valence-electron chi connectivity index (χ3n) is 3.49. The van der Waals surface area contributed by atoms with Crippen LogP contribution in [0.5, 0.6) is 0 Å². The van der Waals surface area contributed by atoms with E-state index in [0.29, 0.717) is 11.1 Å². The summed E-state index contributed by atoms with van der Waals surface area (Å²) in [5.41, 5.74) is 1.90. The predicted molar refractivity (Wildman–Crippen MR) is 89.0 cm³/mol. The molecule has 1 amide bonds. The van der Waals surface area contributed by atoms with Crippen LogP contribution in [0.25, 0.3) is 11.1 Å². The van der Waals surface area contributed by atoms with Crippen LogP contribution in [0.3, 0.4) is 0 Å². The van der Waals surface area contributed by atoms with Crippen molar-refractivity contribution in [1.29, 1.82) is 0 Å². The highest BCUT2D eigenvalue weighted by Gasteiger charge is 2.23. The molecule has 2 N–H and O–H groups in total. The Morgan fingerprint density at radius 3 is 2.56 bits per heavy atom. The number of aliphatic carboxylic acids is 1. The lowest BCUT2D eigenvalue weighted by atomic mass is 10.2. The minimum absolute atomic E-state index is 0.170. The minimum Gasteiger partial charge on any atom is -0.480 e. The summed E-state index contributed by atoms with van der Waals surface area (Å²) in [4.78, 5) is 27.6. The number of nitrogens with zero attached hydrogens (tertiary/aromatic N) is 1. The van der Waals surface area contributed by atoms with Gasteiger partial charge < -0.3 is 19.6 Å². The van der Waals surface area contributed by atoms with Crippen LogP contribution in [-0.4, -0.2) is 34.6 Å². The van der Waals surface area contributed by atoms with Gasteiger partial charge in [0.15, 0.2) is 11.6 Å². The molecule has 7 heteroatoms. The fourth-order valence-electron chi connectivity index (χ4n) is 2.23. The standard InChI is InChI=1S/C18H16N2O5/c21-16(17-20-13-8-4-5-9-15(13)25-17)19-14(18(22)23)11-24-10-12-6-2-1-3-7-12/h1-9,14H,10-11H2,(H,19,21)(H,22,23)/t14-/m0/s1. The number of fused-ring (bicyclic) bond motifs is 1. The van der Waals surface area contributed by atoms with E-state index in [-0.39, 0.29) is 19.1 Å². The zero-order valence-corrected chi connectivity index (χ0v) is 13.2. The van der Waals surface area contributed by atoms with Gasteiger partial charge in [0.25, 0.3) is 5.89 Å². The lowest BCUT2D eigenvalue weighted by molar-refractivity contribution is -0.141. The molecule has 1 aromatic heterocycles. The predicted octanol–water partition coefficient (Wildman–Crippen LogP) is 2.23. The van der Waals surface area contributed by atoms with E-state index in [2.05, 4.69) is 10.3 Å². The summed E-state index contributed by atoms with van der Waals surface area (Å²) in [6.45, 7) is 0.0829. The molecule has 7 nitrogen and oxygen atoms in total. The third kappa shape index (κ3) is 4.21. The molecule has 2 aromatic carbocycles. The fourth-order valence-corrected chi connectivity index (χ4v) is 2.23. The van der Waals surface area contributed by atoms with Crippen LogP contribution in [0.15, 0.2) is 59.0 Å². The molecule has 1 heterocycles. The summed E-state index contributed by atoms with van der Waals surface area (Å²) in [5.74, 6) is -2.08. The highest BCUT2D eigenvalue weighted by Crippen LogP contribution is 2.14. The number of oxazole rings is 1. The van der Waals surface area contributed by atoms with Gasteiger partial charge in [-0.3, -0.25) is 4.79 Å². The van der Waals surface area contributed by atoms with Crippen LogP contribution >= 0.6 is 0 Å². The summed E-state index contributed by atoms with van der Waals surface area (Å²) in [6.07, 6.45) is 0. The monoisotopic (exact) mass is 340 g/mol. The van der Waals surface area contributed by atoms with Crippen molar-refractivity contribution in [2.75, 3.05) is 6.61 Å². The maximum Gasteiger partial charge on any atom is 0.328 e. The summed E-state index contributed by atoms with van der Waals surface area (Å²) in [5, 5.41) is 11.6. The Kier molecular flexibility index (Phi) is 5.06. The number of carbonyl (C=O) groups is 2. The molecule has 128 valence electrons. The minimum atomic E-state index is -1.20. The van der Waals surface area contributed by atoms with Gasteiger partial charge >= 0.3 is 11.9 Å². The largest absolute Gasteiger partial charge is 0.480 e. The van der Waals surface area contributed by atoms with Crippen LogP contribution < -0.4 is 5.32 Å². The Morgan fingerprint density at radius 2 is 1.84 bits per heavy atom. The second kappa shape index (κ2) is 7.59. The van der Waals surface area contributed by atoms with Crippen LogP contribution in [0.2, 0.25) is 0 Å². The fraction of sp³-hybridized carbons (Fsp3) is 0.167. The number of carboxylic acids is 1. The molecule has 25 heavy (non-hydrogen) atoms. The molecular weight excluding hydrogens is 324 g/mol. The topological polar surface area (TPSA) is 102 Å². The summed E-state index contributed by atoms with van der Waals surface area (Å²) < 4.78 is 10.7. The molecule has 0 aliphatic heterocycles. The first kappa shape index (κ1) is 16.7. The van der Waals surface area contributed by atoms with Crippen molar-refractivity contribution in [2.45, 2.75) is 12.6 Å². The van der Waals surface area contributed by atoms with Gasteiger partial charge in [0.1, 0.15) is 5.52 Å². The van der Waals surface area contributed by atoms with E-state index in [1.165, 1.54) is 0 Å². The molecule has 0 radical (unpaired) electrons. The molecule has 0 bridgehead atoms. The average molecular weight is 340 g/mol. The molecule has 0 unspecified atom stereocenters. The smallest absolute Gasteiger partial charge is 0.328 e. The van der Waals surface area contributed by atoms with Crippen LogP contribution in [0.4, 0.5) is 0 Å². The number of hydrogen-bond acceptors (Lipinski definition) is 5. The molecular formula is C18H16N2O5. The number of ether oxygens (including phenoxy) is 1. The Bertz CT molecular complexity index is 842. The Hall–Kier alpha value is -3.19. The Morgan fingerprint density at radius 1 is 1.12 bits per heavy atom. The van der Waals surface area contributed by atoms with Crippen molar-refractivity contribution in [3.8, 4) is 0 Å². The highest BCUT2D eigenvalue weighted by molar-refractivity contribution is 5.94. The quantitative estimate of drug-likeness (QED) is 0.684. The maximum atomic E-state index is 12.2. The van der Waals surface area contributed by atoms with Gasteiger partial charge in [-0.2, -0.15) is 0 Å². The van der Waals surface area contributed by atoms with E-state index < -0.39 is 17.9 Å². The molecule has 0 spiro atoms. The van der Waals surface area contributed by atoms with Gasteiger partial charge in [-0.15, -0.1) is 0 Å². The Balaban J connectivity index is 1.60. The number of rotatable bonds is 7. The number of benzene rings is 2. The van der Waals surface area contributed by atoms with Gasteiger partial charge in [-0.05, 0) is 17.7 Å². The number of para-hydroxylation sites is 2. The van der Waals surface area contributed by atoms with E-state index in [0.717, 1.165) is 5.56 Å². The molecule has 3 aromatic rings. The van der Waals surface area contributed by atoms with Crippen molar-refractivity contribution in [1.82, 2.24) is 10.3 Å². The van der Waals surface area contributed by atoms with E-state index in [4.69, 9.17) is 9.15 Å². The van der Waals surface area contributed by atoms with E-state index >= 15 is 0 Å². The van der Waals surface area contributed by atoms with Crippen molar-refractivity contribution >= 4 is 23.0 Å². The van der Waals surface area contributed by atoms with E-state index in [1.54, 1.807) is 24.3 Å². The first-order valence-electron chi connectivity index (χ1n) is 7.64. The summed E-state index contributed by atoms with van der Waals surface area (Å²) >= 11 is 0. The summed E-state index contributed by atoms with van der Waals surface area (Å²) in [6, 6.07) is 15.0. The molecule has 0 aliphatic carbocycles. The number of carboxylic acid groups (broad SMARTS) is 1. The second-order valence-corrected chi connectivity index (χ2v) is 5.35. The van der Waals surface area contributed by atoms with Crippen LogP contribution in [0, 0.1) is 0 Å². The van der Waals surface area contributed by atoms with Crippen LogP contribution in [0.1, 0.15) is 16.2 Å². The zero-order valence-electron chi connectivity index (χ0n) is 13.2. The van der Waals surface area contributed by atoms with Crippen molar-refractivity contribution < 1.29 is 23.8 Å². The van der Waals surface area contributed by atoms with Crippen molar-refractivity contribution in [2.24, 2.45) is 0 Å². The van der Waals surface area contributed by atoms with Gasteiger partial charge in [0, 0.05) is 0 Å². The molecule has 0 saturated heterocycles. The maximum absolute atomic E-state index is 12.2. The number of aromatic nitrogens is 1. The first-order chi connectivity index (χ1) is 12.1. The lowest BCUT2D eigenvalue weighted by Gasteiger charge is -2.13. The summed E-state index contributed by atoms with van der Waals surface area (Å²) in [7, 11) is 0. The van der Waals surface area contributed by atoms with E-state index in [1.807, 2.05) is 30.3 Å². The number of nitrogens with one attached hydrogen (secondary N) is 1. The average Bonchev–Trinajstić information content (AvgIpc) is 3.06. The molecule has 0 fully saturated rings. The normalized spacial score (nSPS) is 12.0. The number of carbonyl (C=O) groups excluding carboxylic acids is 1. The lowest BCUT2D eigenvalue weighted by Crippen LogP contribution is -2.44. The Labute approximate surface area is 143 Å². The van der Waals surface area contributed by atoms with E-state index in [9.17, 15) is 14.7 Å². The van der Waals surface area contributed by atoms with Crippen molar-refractivity contribution in [3.05, 3.63) is 66.1 Å². The number of hydrogen-bond donors (Lipinski definition) is 2.